The van der Waals surface area contributed by atoms with Crippen LogP contribution in [-0.4, -0.2) is 18.8 Å². The molecule has 0 aliphatic heterocycles. The number of hydrogen-bond donors (Lipinski definition) is 1. The molecule has 2 rings (SSSR count). The first-order valence-electron chi connectivity index (χ1n) is 7.33. The van der Waals surface area contributed by atoms with E-state index in [0.717, 1.165) is 27.5 Å². The highest BCUT2D eigenvalue weighted by molar-refractivity contribution is 7.99. The van der Waals surface area contributed by atoms with Gasteiger partial charge in [-0.05, 0) is 28.8 Å². The zero-order chi connectivity index (χ0) is 16.5. The Balaban J connectivity index is 1.75. The normalized spacial score (nSPS) is 10.5. The van der Waals surface area contributed by atoms with Gasteiger partial charge < -0.3 is 10.1 Å². The topological polar surface area (TPSA) is 38.3 Å². The van der Waals surface area contributed by atoms with Gasteiger partial charge in [0, 0.05) is 24.4 Å². The number of hydrogen-bond acceptors (Lipinski definition) is 3. The van der Waals surface area contributed by atoms with Crippen molar-refractivity contribution in [3.05, 3.63) is 70.2 Å². The smallest absolute Gasteiger partial charge is 0.230 e. The minimum absolute atomic E-state index is 0.0317. The third-order valence-electron chi connectivity index (χ3n) is 3.29. The molecule has 3 nitrogen and oxygen atoms in total. The lowest BCUT2D eigenvalue weighted by Crippen LogP contribution is -2.25. The minimum atomic E-state index is 0.0317. The molecule has 0 aromatic heterocycles. The van der Waals surface area contributed by atoms with Gasteiger partial charge in [0.15, 0.2) is 0 Å². The molecular weight excluding hydrogens is 330 g/mol. The summed E-state index contributed by atoms with van der Waals surface area (Å²) in [5.41, 5.74) is 3.31. The summed E-state index contributed by atoms with van der Waals surface area (Å²) in [6.45, 7) is 1.08. The molecule has 0 saturated carbocycles. The molecule has 0 unspecified atom stereocenters. The first kappa shape index (κ1) is 17.9. The van der Waals surface area contributed by atoms with Crippen LogP contribution < -0.4 is 5.32 Å². The fourth-order valence-corrected chi connectivity index (χ4v) is 3.18. The number of carbonyl (C=O) groups excluding carboxylic acids is 1. The van der Waals surface area contributed by atoms with Crippen molar-refractivity contribution < 1.29 is 9.53 Å². The van der Waals surface area contributed by atoms with E-state index in [4.69, 9.17) is 16.3 Å². The van der Waals surface area contributed by atoms with E-state index in [9.17, 15) is 4.79 Å². The van der Waals surface area contributed by atoms with Crippen molar-refractivity contribution >= 4 is 29.3 Å². The second-order valence-electron chi connectivity index (χ2n) is 5.10. The Hall–Kier alpha value is -1.49. The molecule has 1 amide bonds. The molecule has 2 aromatic carbocycles. The predicted octanol–water partition coefficient (Wildman–Crippen LogP) is 4.04. The molecule has 0 bridgehead atoms. The Morgan fingerprint density at radius 3 is 2.70 bits per heavy atom. The van der Waals surface area contributed by atoms with Crippen molar-refractivity contribution in [1.82, 2.24) is 5.32 Å². The number of carbonyl (C=O) groups is 1. The SMILES string of the molecule is COCc1ccccc1CNC(=O)CSCc1cccc(Cl)c1. The number of thioether (sulfide) groups is 1. The van der Waals surface area contributed by atoms with E-state index in [-0.39, 0.29) is 5.91 Å². The summed E-state index contributed by atoms with van der Waals surface area (Å²) in [4.78, 5) is 12.0. The summed E-state index contributed by atoms with van der Waals surface area (Å²) in [5.74, 6) is 1.23. The fraction of sp³-hybridized carbons (Fsp3) is 0.278. The van der Waals surface area contributed by atoms with Crippen molar-refractivity contribution in [2.45, 2.75) is 18.9 Å². The van der Waals surface area contributed by atoms with Crippen LogP contribution in [0.5, 0.6) is 0 Å². The first-order chi connectivity index (χ1) is 11.2. The molecule has 5 heteroatoms. The molecule has 0 aliphatic carbocycles. The number of amides is 1. The largest absolute Gasteiger partial charge is 0.380 e. The molecule has 23 heavy (non-hydrogen) atoms. The molecule has 0 atom stereocenters. The molecule has 0 radical (unpaired) electrons. The standard InChI is InChI=1S/C18H20ClNO2S/c1-22-11-16-7-3-2-6-15(16)10-20-18(21)13-23-12-14-5-4-8-17(19)9-14/h2-9H,10-13H2,1H3,(H,20,21). The van der Waals surface area contributed by atoms with Gasteiger partial charge >= 0.3 is 0 Å². The Labute approximate surface area is 146 Å². The van der Waals surface area contributed by atoms with Crippen LogP contribution in [0, 0.1) is 0 Å². The van der Waals surface area contributed by atoms with E-state index in [1.54, 1.807) is 18.9 Å². The third kappa shape index (κ3) is 6.26. The van der Waals surface area contributed by atoms with Crippen molar-refractivity contribution in [1.29, 1.82) is 0 Å². The van der Waals surface area contributed by atoms with Crippen molar-refractivity contribution in [2.75, 3.05) is 12.9 Å². The van der Waals surface area contributed by atoms with Crippen LogP contribution in [0.25, 0.3) is 0 Å². The summed E-state index contributed by atoms with van der Waals surface area (Å²) in [6.07, 6.45) is 0. The summed E-state index contributed by atoms with van der Waals surface area (Å²) in [5, 5.41) is 3.68. The molecule has 2 aromatic rings. The van der Waals surface area contributed by atoms with Gasteiger partial charge in [-0.2, -0.15) is 0 Å². The lowest BCUT2D eigenvalue weighted by atomic mass is 10.1. The van der Waals surface area contributed by atoms with Crippen LogP contribution in [0.3, 0.4) is 0 Å². The van der Waals surface area contributed by atoms with Gasteiger partial charge in [0.1, 0.15) is 0 Å². The number of nitrogens with one attached hydrogen (secondary N) is 1. The van der Waals surface area contributed by atoms with E-state index < -0.39 is 0 Å². The number of rotatable bonds is 8. The molecule has 122 valence electrons. The Morgan fingerprint density at radius 1 is 1.17 bits per heavy atom. The molecule has 0 aliphatic rings. The lowest BCUT2D eigenvalue weighted by Gasteiger charge is -2.10. The van der Waals surface area contributed by atoms with Gasteiger partial charge in [-0.3, -0.25) is 4.79 Å². The lowest BCUT2D eigenvalue weighted by molar-refractivity contribution is -0.118. The highest BCUT2D eigenvalue weighted by Gasteiger charge is 2.05. The van der Waals surface area contributed by atoms with E-state index in [1.807, 2.05) is 48.5 Å². The fourth-order valence-electron chi connectivity index (χ4n) is 2.16. The summed E-state index contributed by atoms with van der Waals surface area (Å²) < 4.78 is 5.17. The Bertz CT molecular complexity index is 648. The van der Waals surface area contributed by atoms with Crippen LogP contribution in [0.4, 0.5) is 0 Å². The van der Waals surface area contributed by atoms with Crippen LogP contribution in [0.15, 0.2) is 48.5 Å². The van der Waals surface area contributed by atoms with Crippen LogP contribution in [0.2, 0.25) is 5.02 Å². The predicted molar refractivity (Wildman–Crippen MR) is 96.6 cm³/mol. The Morgan fingerprint density at radius 2 is 1.96 bits per heavy atom. The summed E-state index contributed by atoms with van der Waals surface area (Å²) >= 11 is 7.52. The Kier molecular flexibility index (Phi) is 7.46. The average molecular weight is 350 g/mol. The summed E-state index contributed by atoms with van der Waals surface area (Å²) in [6, 6.07) is 15.7. The van der Waals surface area contributed by atoms with Crippen LogP contribution in [0.1, 0.15) is 16.7 Å². The van der Waals surface area contributed by atoms with Crippen molar-refractivity contribution in [2.24, 2.45) is 0 Å². The van der Waals surface area contributed by atoms with Gasteiger partial charge in [-0.1, -0.05) is 48.0 Å². The van der Waals surface area contributed by atoms with Gasteiger partial charge in [0.25, 0.3) is 0 Å². The second kappa shape index (κ2) is 9.60. The van der Waals surface area contributed by atoms with Gasteiger partial charge in [-0.15, -0.1) is 11.8 Å². The number of methoxy groups -OCH3 is 1. The highest BCUT2D eigenvalue weighted by Crippen LogP contribution is 2.16. The zero-order valence-electron chi connectivity index (χ0n) is 13.0. The van der Waals surface area contributed by atoms with E-state index in [1.165, 1.54) is 0 Å². The monoisotopic (exact) mass is 349 g/mol. The quantitative estimate of drug-likeness (QED) is 0.781. The maximum Gasteiger partial charge on any atom is 0.230 e. The van der Waals surface area contributed by atoms with Gasteiger partial charge in [0.2, 0.25) is 5.91 Å². The highest BCUT2D eigenvalue weighted by atomic mass is 35.5. The van der Waals surface area contributed by atoms with E-state index >= 15 is 0 Å². The molecule has 1 N–H and O–H groups in total. The summed E-state index contributed by atoms with van der Waals surface area (Å²) in [7, 11) is 1.67. The molecule has 0 fully saturated rings. The number of halogens is 1. The number of ether oxygens (including phenoxy) is 1. The number of benzene rings is 2. The van der Waals surface area contributed by atoms with E-state index in [2.05, 4.69) is 5.32 Å². The average Bonchev–Trinajstić information content (AvgIpc) is 2.54. The zero-order valence-corrected chi connectivity index (χ0v) is 14.6. The van der Waals surface area contributed by atoms with E-state index in [0.29, 0.717) is 18.9 Å². The second-order valence-corrected chi connectivity index (χ2v) is 6.52. The minimum Gasteiger partial charge on any atom is -0.380 e. The molecule has 0 heterocycles. The molecule has 0 spiro atoms. The molecule has 0 saturated heterocycles. The van der Waals surface area contributed by atoms with Crippen molar-refractivity contribution in [3.63, 3.8) is 0 Å². The van der Waals surface area contributed by atoms with Crippen molar-refractivity contribution in [3.8, 4) is 0 Å². The maximum absolute atomic E-state index is 12.0. The maximum atomic E-state index is 12.0. The third-order valence-corrected chi connectivity index (χ3v) is 4.52. The van der Waals surface area contributed by atoms with Gasteiger partial charge in [0.05, 0.1) is 12.4 Å². The van der Waals surface area contributed by atoms with Crippen LogP contribution >= 0.6 is 23.4 Å². The molecular formula is C18H20ClNO2S. The first-order valence-corrected chi connectivity index (χ1v) is 8.87. The van der Waals surface area contributed by atoms with Gasteiger partial charge in [-0.25, -0.2) is 0 Å². The van der Waals surface area contributed by atoms with Crippen LogP contribution in [-0.2, 0) is 28.4 Å².